The summed E-state index contributed by atoms with van der Waals surface area (Å²) in [7, 11) is 0. The SMILES string of the molecule is O=C(COCC1CC1)N1CCN([C@H]2CCC[C@@H]2O)CC1. The minimum Gasteiger partial charge on any atom is -0.391 e. The van der Waals surface area contributed by atoms with Gasteiger partial charge in [0.25, 0.3) is 0 Å². The normalized spacial score (nSPS) is 31.8. The Balaban J connectivity index is 1.37. The van der Waals surface area contributed by atoms with Crippen molar-refractivity contribution in [3.05, 3.63) is 0 Å². The van der Waals surface area contributed by atoms with Crippen molar-refractivity contribution in [2.45, 2.75) is 44.2 Å². The summed E-state index contributed by atoms with van der Waals surface area (Å²) in [5.74, 6) is 0.834. The van der Waals surface area contributed by atoms with Crippen LogP contribution in [0.1, 0.15) is 32.1 Å². The summed E-state index contributed by atoms with van der Waals surface area (Å²) in [5.41, 5.74) is 0. The Morgan fingerprint density at radius 3 is 2.45 bits per heavy atom. The molecular formula is C15H26N2O3. The zero-order chi connectivity index (χ0) is 13.9. The maximum atomic E-state index is 12.0. The number of piperazine rings is 1. The fourth-order valence-electron chi connectivity index (χ4n) is 3.34. The van der Waals surface area contributed by atoms with E-state index in [1.165, 1.54) is 12.8 Å². The van der Waals surface area contributed by atoms with Gasteiger partial charge in [0, 0.05) is 32.2 Å². The van der Waals surface area contributed by atoms with Crippen molar-refractivity contribution in [3.8, 4) is 0 Å². The number of rotatable bonds is 5. The molecule has 1 saturated heterocycles. The maximum absolute atomic E-state index is 12.0. The molecule has 0 aromatic heterocycles. The number of carbonyl (C=O) groups is 1. The molecule has 0 aromatic carbocycles. The van der Waals surface area contributed by atoms with Gasteiger partial charge in [-0.2, -0.15) is 0 Å². The molecule has 20 heavy (non-hydrogen) atoms. The lowest BCUT2D eigenvalue weighted by atomic mass is 10.1. The summed E-state index contributed by atoms with van der Waals surface area (Å²) in [5, 5.41) is 9.95. The summed E-state index contributed by atoms with van der Waals surface area (Å²) in [6.07, 6.45) is 5.50. The molecule has 2 saturated carbocycles. The molecule has 1 heterocycles. The van der Waals surface area contributed by atoms with Crippen LogP contribution >= 0.6 is 0 Å². The van der Waals surface area contributed by atoms with Crippen LogP contribution in [-0.2, 0) is 9.53 Å². The first-order valence-electron chi connectivity index (χ1n) is 8.01. The first-order valence-corrected chi connectivity index (χ1v) is 8.01. The minimum absolute atomic E-state index is 0.122. The second-order valence-corrected chi connectivity index (χ2v) is 6.44. The fourth-order valence-corrected chi connectivity index (χ4v) is 3.34. The lowest BCUT2D eigenvalue weighted by Crippen LogP contribution is -2.54. The van der Waals surface area contributed by atoms with Crippen molar-refractivity contribution < 1.29 is 14.6 Å². The lowest BCUT2D eigenvalue weighted by Gasteiger charge is -2.39. The quantitative estimate of drug-likeness (QED) is 0.796. The summed E-state index contributed by atoms with van der Waals surface area (Å²) in [6, 6.07) is 0.318. The van der Waals surface area contributed by atoms with Crippen molar-refractivity contribution in [2.24, 2.45) is 5.92 Å². The molecule has 5 nitrogen and oxygen atoms in total. The largest absolute Gasteiger partial charge is 0.391 e. The van der Waals surface area contributed by atoms with Crippen LogP contribution in [-0.4, -0.2) is 72.4 Å². The molecule has 3 rings (SSSR count). The van der Waals surface area contributed by atoms with E-state index < -0.39 is 0 Å². The number of hydrogen-bond acceptors (Lipinski definition) is 4. The van der Waals surface area contributed by atoms with E-state index in [4.69, 9.17) is 4.74 Å². The molecule has 0 unspecified atom stereocenters. The van der Waals surface area contributed by atoms with Crippen LogP contribution in [0.2, 0.25) is 0 Å². The third-order valence-corrected chi connectivity index (χ3v) is 4.86. The first kappa shape index (κ1) is 14.3. The predicted octanol–water partition coefficient (Wildman–Crippen LogP) is 0.471. The second-order valence-electron chi connectivity index (χ2n) is 6.44. The van der Waals surface area contributed by atoms with Crippen LogP contribution in [0.4, 0.5) is 0 Å². The number of aliphatic hydroxyl groups is 1. The van der Waals surface area contributed by atoms with Gasteiger partial charge in [-0.3, -0.25) is 9.69 Å². The van der Waals surface area contributed by atoms with Crippen LogP contribution in [0.5, 0.6) is 0 Å². The molecule has 0 radical (unpaired) electrons. The number of aliphatic hydroxyl groups excluding tert-OH is 1. The molecular weight excluding hydrogens is 256 g/mol. The Bertz CT molecular complexity index is 338. The summed E-state index contributed by atoms with van der Waals surface area (Å²) in [4.78, 5) is 16.3. The zero-order valence-corrected chi connectivity index (χ0v) is 12.2. The number of amides is 1. The second kappa shape index (κ2) is 6.41. The molecule has 1 amide bonds. The average molecular weight is 282 g/mol. The van der Waals surface area contributed by atoms with Gasteiger partial charge in [0.2, 0.25) is 5.91 Å². The molecule has 0 aromatic rings. The Morgan fingerprint density at radius 1 is 1.10 bits per heavy atom. The third-order valence-electron chi connectivity index (χ3n) is 4.86. The van der Waals surface area contributed by atoms with E-state index in [0.29, 0.717) is 12.0 Å². The van der Waals surface area contributed by atoms with Gasteiger partial charge in [-0.15, -0.1) is 0 Å². The highest BCUT2D eigenvalue weighted by molar-refractivity contribution is 5.77. The van der Waals surface area contributed by atoms with Gasteiger partial charge < -0.3 is 14.7 Å². The number of nitrogens with zero attached hydrogens (tertiary/aromatic N) is 2. The van der Waals surface area contributed by atoms with E-state index in [2.05, 4.69) is 4.90 Å². The molecule has 5 heteroatoms. The van der Waals surface area contributed by atoms with Gasteiger partial charge in [-0.05, 0) is 38.0 Å². The number of hydrogen-bond donors (Lipinski definition) is 1. The molecule has 3 fully saturated rings. The van der Waals surface area contributed by atoms with E-state index in [1.807, 2.05) is 4.90 Å². The number of carbonyl (C=O) groups excluding carboxylic acids is 1. The molecule has 114 valence electrons. The van der Waals surface area contributed by atoms with E-state index in [1.54, 1.807) is 0 Å². The Kier molecular flexibility index (Phi) is 4.58. The Morgan fingerprint density at radius 2 is 1.85 bits per heavy atom. The van der Waals surface area contributed by atoms with Crippen LogP contribution in [0.3, 0.4) is 0 Å². The highest BCUT2D eigenvalue weighted by Gasteiger charge is 2.33. The monoisotopic (exact) mass is 282 g/mol. The standard InChI is InChI=1S/C15H26N2O3/c18-14-3-1-2-13(14)16-6-8-17(9-7-16)15(19)11-20-10-12-4-5-12/h12-14,18H,1-11H2/t13-,14-/m0/s1. The molecule has 3 aliphatic rings. The van der Waals surface area contributed by atoms with Crippen LogP contribution in [0, 0.1) is 5.92 Å². The van der Waals surface area contributed by atoms with Crippen molar-refractivity contribution in [1.82, 2.24) is 9.80 Å². The molecule has 2 atom stereocenters. The maximum Gasteiger partial charge on any atom is 0.248 e. The van der Waals surface area contributed by atoms with Crippen molar-refractivity contribution in [2.75, 3.05) is 39.4 Å². The zero-order valence-electron chi connectivity index (χ0n) is 12.2. The van der Waals surface area contributed by atoms with Crippen molar-refractivity contribution in [3.63, 3.8) is 0 Å². The van der Waals surface area contributed by atoms with Crippen LogP contribution < -0.4 is 0 Å². The summed E-state index contributed by atoms with van der Waals surface area (Å²) >= 11 is 0. The molecule has 0 bridgehead atoms. The number of ether oxygens (including phenoxy) is 1. The van der Waals surface area contributed by atoms with Crippen LogP contribution in [0.15, 0.2) is 0 Å². The van der Waals surface area contributed by atoms with Crippen LogP contribution in [0.25, 0.3) is 0 Å². The molecule has 0 spiro atoms. The Hall–Kier alpha value is -0.650. The van der Waals surface area contributed by atoms with Gasteiger partial charge >= 0.3 is 0 Å². The minimum atomic E-state index is -0.167. The molecule has 1 N–H and O–H groups in total. The molecule has 1 aliphatic heterocycles. The van der Waals surface area contributed by atoms with E-state index in [-0.39, 0.29) is 18.6 Å². The van der Waals surface area contributed by atoms with E-state index in [0.717, 1.165) is 52.0 Å². The molecule has 2 aliphatic carbocycles. The topological polar surface area (TPSA) is 53.0 Å². The van der Waals surface area contributed by atoms with Gasteiger partial charge in [-0.1, -0.05) is 0 Å². The van der Waals surface area contributed by atoms with Gasteiger partial charge in [0.05, 0.1) is 12.7 Å². The lowest BCUT2D eigenvalue weighted by molar-refractivity contribution is -0.138. The highest BCUT2D eigenvalue weighted by atomic mass is 16.5. The first-order chi connectivity index (χ1) is 9.74. The average Bonchev–Trinajstić information content (AvgIpc) is 3.19. The van der Waals surface area contributed by atoms with Gasteiger partial charge in [0.1, 0.15) is 6.61 Å². The van der Waals surface area contributed by atoms with E-state index >= 15 is 0 Å². The fraction of sp³-hybridized carbons (Fsp3) is 0.933. The summed E-state index contributed by atoms with van der Waals surface area (Å²) < 4.78 is 5.47. The van der Waals surface area contributed by atoms with E-state index in [9.17, 15) is 9.90 Å². The van der Waals surface area contributed by atoms with Gasteiger partial charge in [0.15, 0.2) is 0 Å². The van der Waals surface area contributed by atoms with Crippen molar-refractivity contribution in [1.29, 1.82) is 0 Å². The Labute approximate surface area is 120 Å². The summed E-state index contributed by atoms with van der Waals surface area (Å²) in [6.45, 7) is 4.30. The van der Waals surface area contributed by atoms with Crippen molar-refractivity contribution >= 4 is 5.91 Å². The predicted molar refractivity (Wildman–Crippen MR) is 75.3 cm³/mol. The smallest absolute Gasteiger partial charge is 0.248 e. The van der Waals surface area contributed by atoms with Gasteiger partial charge in [-0.25, -0.2) is 0 Å². The third kappa shape index (κ3) is 3.51. The highest BCUT2D eigenvalue weighted by Crippen LogP contribution is 2.28.